The fourth-order valence-corrected chi connectivity index (χ4v) is 1.57. The molecule has 0 saturated carbocycles. The summed E-state index contributed by atoms with van der Waals surface area (Å²) in [4.78, 5) is 12.3. The maximum atomic E-state index is 10.6. The number of nitrogens with two attached hydrogens (primary N) is 1. The van der Waals surface area contributed by atoms with E-state index in [0.29, 0.717) is 4.88 Å². The van der Waals surface area contributed by atoms with E-state index in [2.05, 4.69) is 0 Å². The highest BCUT2D eigenvalue weighted by Crippen LogP contribution is 2.16. The molecule has 0 aliphatic carbocycles. The van der Waals surface area contributed by atoms with Crippen molar-refractivity contribution in [1.29, 1.82) is 0 Å². The molecule has 0 aliphatic rings. The molecule has 0 bridgehead atoms. The Hall–Kier alpha value is -1.09. The Morgan fingerprint density at radius 2 is 2.36 bits per heavy atom. The minimum atomic E-state index is -0.356. The zero-order valence-corrected chi connectivity index (χ0v) is 7.02. The van der Waals surface area contributed by atoms with Crippen molar-refractivity contribution in [1.82, 2.24) is 0 Å². The fraction of sp³-hybridized carbons (Fsp3) is 0.125. The standard InChI is InChI=1S/C8H9NOS/c1-2-3-6-4-5-7(11-6)8(9)10/h2-5H,1H3,(H2,9,10)/b3-2+. The first-order valence-electron chi connectivity index (χ1n) is 3.26. The van der Waals surface area contributed by atoms with Crippen LogP contribution < -0.4 is 5.73 Å². The first kappa shape index (κ1) is 8.01. The molecule has 0 aromatic carbocycles. The number of hydrogen-bond acceptors (Lipinski definition) is 2. The third-order valence-electron chi connectivity index (χ3n) is 1.20. The Morgan fingerprint density at radius 1 is 1.64 bits per heavy atom. The lowest BCUT2D eigenvalue weighted by Gasteiger charge is -1.82. The number of amides is 1. The van der Waals surface area contributed by atoms with Crippen molar-refractivity contribution < 1.29 is 4.79 Å². The summed E-state index contributed by atoms with van der Waals surface area (Å²) in [5.74, 6) is -0.356. The van der Waals surface area contributed by atoms with Gasteiger partial charge < -0.3 is 5.73 Å². The van der Waals surface area contributed by atoms with Crippen LogP contribution in [0.5, 0.6) is 0 Å². The Labute approximate surface area is 69.3 Å². The van der Waals surface area contributed by atoms with Gasteiger partial charge in [0.1, 0.15) is 0 Å². The lowest BCUT2D eigenvalue weighted by Crippen LogP contribution is -2.07. The number of rotatable bonds is 2. The number of thiophene rings is 1. The molecule has 58 valence electrons. The maximum Gasteiger partial charge on any atom is 0.258 e. The maximum absolute atomic E-state index is 10.6. The van der Waals surface area contributed by atoms with E-state index in [9.17, 15) is 4.79 Å². The first-order valence-corrected chi connectivity index (χ1v) is 4.08. The van der Waals surface area contributed by atoms with Crippen molar-refractivity contribution in [3.05, 3.63) is 28.0 Å². The van der Waals surface area contributed by atoms with E-state index in [1.807, 2.05) is 25.1 Å². The first-order chi connectivity index (χ1) is 5.24. The molecule has 1 heterocycles. The molecule has 1 aromatic rings. The highest BCUT2D eigenvalue weighted by atomic mass is 32.1. The third-order valence-corrected chi connectivity index (χ3v) is 2.27. The summed E-state index contributed by atoms with van der Waals surface area (Å²) in [6.07, 6.45) is 3.87. The fourth-order valence-electron chi connectivity index (χ4n) is 0.739. The van der Waals surface area contributed by atoms with Crippen molar-refractivity contribution in [2.24, 2.45) is 5.73 Å². The van der Waals surface area contributed by atoms with E-state index < -0.39 is 0 Å². The van der Waals surface area contributed by atoms with Gasteiger partial charge in [-0.2, -0.15) is 0 Å². The van der Waals surface area contributed by atoms with Crippen LogP contribution in [-0.2, 0) is 0 Å². The second-order valence-corrected chi connectivity index (χ2v) is 3.18. The van der Waals surface area contributed by atoms with Gasteiger partial charge in [0.2, 0.25) is 0 Å². The van der Waals surface area contributed by atoms with E-state index in [-0.39, 0.29) is 5.91 Å². The molecular weight excluding hydrogens is 158 g/mol. The van der Waals surface area contributed by atoms with Crippen LogP contribution >= 0.6 is 11.3 Å². The quantitative estimate of drug-likeness (QED) is 0.718. The van der Waals surface area contributed by atoms with Gasteiger partial charge in [-0.15, -0.1) is 11.3 Å². The van der Waals surface area contributed by atoms with Gasteiger partial charge in [-0.25, -0.2) is 0 Å². The van der Waals surface area contributed by atoms with E-state index in [4.69, 9.17) is 5.73 Å². The number of primary amides is 1. The number of allylic oxidation sites excluding steroid dienone is 1. The van der Waals surface area contributed by atoms with Crippen LogP contribution in [0.3, 0.4) is 0 Å². The van der Waals surface area contributed by atoms with Gasteiger partial charge in [0.05, 0.1) is 4.88 Å². The highest BCUT2D eigenvalue weighted by Gasteiger charge is 2.01. The van der Waals surface area contributed by atoms with E-state index in [1.54, 1.807) is 6.07 Å². The normalized spacial score (nSPS) is 10.6. The summed E-state index contributed by atoms with van der Waals surface area (Å²) in [6.45, 7) is 1.93. The SMILES string of the molecule is C/C=C/c1ccc(C(N)=O)s1. The lowest BCUT2D eigenvalue weighted by atomic mass is 10.4. The number of carbonyl (C=O) groups excluding carboxylic acids is 1. The number of hydrogen-bond donors (Lipinski definition) is 1. The smallest absolute Gasteiger partial charge is 0.258 e. The highest BCUT2D eigenvalue weighted by molar-refractivity contribution is 7.14. The molecule has 0 radical (unpaired) electrons. The van der Waals surface area contributed by atoms with Crippen LogP contribution in [0.2, 0.25) is 0 Å². The van der Waals surface area contributed by atoms with Crippen LogP contribution in [0.15, 0.2) is 18.2 Å². The van der Waals surface area contributed by atoms with Crippen LogP contribution in [-0.4, -0.2) is 5.91 Å². The molecule has 1 rings (SSSR count). The van der Waals surface area contributed by atoms with Gasteiger partial charge in [-0.3, -0.25) is 4.79 Å². The van der Waals surface area contributed by atoms with Gasteiger partial charge in [0, 0.05) is 4.88 Å². The average Bonchev–Trinajstić information content (AvgIpc) is 2.37. The Morgan fingerprint density at radius 3 is 2.82 bits per heavy atom. The van der Waals surface area contributed by atoms with Crippen molar-refractivity contribution >= 4 is 23.3 Å². The minimum absolute atomic E-state index is 0.356. The predicted molar refractivity (Wildman–Crippen MR) is 47.5 cm³/mol. The third kappa shape index (κ3) is 1.91. The summed E-state index contributed by atoms with van der Waals surface area (Å²) in [5.41, 5.74) is 5.07. The van der Waals surface area contributed by atoms with Crippen LogP contribution in [0.25, 0.3) is 6.08 Å². The minimum Gasteiger partial charge on any atom is -0.365 e. The van der Waals surface area contributed by atoms with Crippen molar-refractivity contribution in [2.45, 2.75) is 6.92 Å². The van der Waals surface area contributed by atoms with Gasteiger partial charge in [0.25, 0.3) is 5.91 Å². The summed E-state index contributed by atoms with van der Waals surface area (Å²) < 4.78 is 0. The molecule has 2 nitrogen and oxygen atoms in total. The zero-order valence-electron chi connectivity index (χ0n) is 6.20. The van der Waals surface area contributed by atoms with Gasteiger partial charge in [-0.1, -0.05) is 6.08 Å². The molecule has 0 saturated heterocycles. The monoisotopic (exact) mass is 167 g/mol. The summed E-state index contributed by atoms with van der Waals surface area (Å²) in [5, 5.41) is 0. The largest absolute Gasteiger partial charge is 0.365 e. The molecule has 2 N–H and O–H groups in total. The summed E-state index contributed by atoms with van der Waals surface area (Å²) >= 11 is 1.40. The summed E-state index contributed by atoms with van der Waals surface area (Å²) in [7, 11) is 0. The molecular formula is C8H9NOS. The van der Waals surface area contributed by atoms with Gasteiger partial charge in [0.15, 0.2) is 0 Å². The van der Waals surface area contributed by atoms with E-state index in [0.717, 1.165) is 4.88 Å². The Kier molecular flexibility index (Phi) is 2.44. The molecule has 1 aromatic heterocycles. The molecule has 11 heavy (non-hydrogen) atoms. The average molecular weight is 167 g/mol. The second kappa shape index (κ2) is 3.34. The molecule has 0 spiro atoms. The predicted octanol–water partition coefficient (Wildman–Crippen LogP) is 1.88. The molecule has 1 amide bonds. The molecule has 0 aliphatic heterocycles. The topological polar surface area (TPSA) is 43.1 Å². The zero-order chi connectivity index (χ0) is 8.27. The van der Waals surface area contributed by atoms with Crippen LogP contribution in [0, 0.1) is 0 Å². The molecule has 0 atom stereocenters. The van der Waals surface area contributed by atoms with Crippen molar-refractivity contribution in [3.63, 3.8) is 0 Å². The molecule has 0 fully saturated rings. The van der Waals surface area contributed by atoms with Crippen molar-refractivity contribution in [3.8, 4) is 0 Å². The Balaban J connectivity index is 2.90. The molecule has 3 heteroatoms. The second-order valence-electron chi connectivity index (χ2n) is 2.07. The lowest BCUT2D eigenvalue weighted by molar-refractivity contribution is 0.100. The van der Waals surface area contributed by atoms with Crippen LogP contribution in [0.4, 0.5) is 0 Å². The van der Waals surface area contributed by atoms with E-state index >= 15 is 0 Å². The number of carbonyl (C=O) groups is 1. The van der Waals surface area contributed by atoms with Crippen LogP contribution in [0.1, 0.15) is 21.5 Å². The van der Waals surface area contributed by atoms with Crippen molar-refractivity contribution in [2.75, 3.05) is 0 Å². The Bertz CT molecular complexity index is 288. The van der Waals surface area contributed by atoms with Gasteiger partial charge in [-0.05, 0) is 25.1 Å². The summed E-state index contributed by atoms with van der Waals surface area (Å²) in [6, 6.07) is 3.62. The van der Waals surface area contributed by atoms with Gasteiger partial charge >= 0.3 is 0 Å². The van der Waals surface area contributed by atoms with E-state index in [1.165, 1.54) is 11.3 Å². The molecule has 0 unspecified atom stereocenters.